The molecule has 0 bridgehead atoms. The van der Waals surface area contributed by atoms with Gasteiger partial charge in [0.1, 0.15) is 21.5 Å². The first kappa shape index (κ1) is 12.7. The van der Waals surface area contributed by atoms with E-state index in [4.69, 9.17) is 23.2 Å². The number of thiazole rings is 1. The van der Waals surface area contributed by atoms with E-state index in [2.05, 4.69) is 9.97 Å². The fraction of sp³-hybridized carbons (Fsp3) is 0. The van der Waals surface area contributed by atoms with Gasteiger partial charge in [-0.05, 0) is 12.1 Å². The molecule has 0 atom stereocenters. The molecule has 0 spiro atoms. The SMILES string of the molecule is Fc1cccc(Cl)c1-c1nc2c(F)cnc(Cl)c2s1. The number of pyridine rings is 1. The summed E-state index contributed by atoms with van der Waals surface area (Å²) in [6.07, 6.45) is 0.983. The van der Waals surface area contributed by atoms with E-state index in [9.17, 15) is 8.78 Å². The van der Waals surface area contributed by atoms with Gasteiger partial charge in [-0.25, -0.2) is 18.7 Å². The molecule has 0 amide bonds. The fourth-order valence-corrected chi connectivity index (χ4v) is 3.24. The maximum absolute atomic E-state index is 13.8. The van der Waals surface area contributed by atoms with Crippen LogP contribution in [-0.4, -0.2) is 9.97 Å². The van der Waals surface area contributed by atoms with Crippen LogP contribution in [0.5, 0.6) is 0 Å². The van der Waals surface area contributed by atoms with Crippen molar-refractivity contribution in [3.05, 3.63) is 46.2 Å². The summed E-state index contributed by atoms with van der Waals surface area (Å²) in [7, 11) is 0. The van der Waals surface area contributed by atoms with E-state index in [0.29, 0.717) is 4.70 Å². The minimum Gasteiger partial charge on any atom is -0.240 e. The molecule has 0 saturated carbocycles. The van der Waals surface area contributed by atoms with E-state index in [0.717, 1.165) is 17.5 Å². The second-order valence-corrected chi connectivity index (χ2v) is 5.45. The van der Waals surface area contributed by atoms with E-state index in [1.165, 1.54) is 12.1 Å². The van der Waals surface area contributed by atoms with Crippen LogP contribution in [0.15, 0.2) is 24.4 Å². The summed E-state index contributed by atoms with van der Waals surface area (Å²) in [6.45, 7) is 0. The molecule has 0 unspecified atom stereocenters. The van der Waals surface area contributed by atoms with Gasteiger partial charge in [-0.3, -0.25) is 0 Å². The molecule has 0 aliphatic carbocycles. The van der Waals surface area contributed by atoms with Crippen LogP contribution in [0.25, 0.3) is 20.8 Å². The molecule has 3 rings (SSSR count). The quantitative estimate of drug-likeness (QED) is 0.594. The Morgan fingerprint density at radius 3 is 2.58 bits per heavy atom. The molecule has 0 radical (unpaired) electrons. The molecule has 7 heteroatoms. The lowest BCUT2D eigenvalue weighted by atomic mass is 10.2. The lowest BCUT2D eigenvalue weighted by Crippen LogP contribution is -1.85. The first-order valence-electron chi connectivity index (χ1n) is 5.13. The number of aromatic nitrogens is 2. The van der Waals surface area contributed by atoms with Crippen molar-refractivity contribution in [3.8, 4) is 10.6 Å². The van der Waals surface area contributed by atoms with Crippen LogP contribution >= 0.6 is 34.5 Å². The Hall–Kier alpha value is -1.30. The van der Waals surface area contributed by atoms with Gasteiger partial charge in [-0.2, -0.15) is 0 Å². The van der Waals surface area contributed by atoms with Gasteiger partial charge in [0, 0.05) is 0 Å². The number of nitrogens with zero attached hydrogens (tertiary/aromatic N) is 2. The Kier molecular flexibility index (Phi) is 3.12. The molecule has 2 aromatic heterocycles. The highest BCUT2D eigenvalue weighted by Crippen LogP contribution is 2.38. The van der Waals surface area contributed by atoms with E-state index in [1.807, 2.05) is 0 Å². The summed E-state index contributed by atoms with van der Waals surface area (Å²) in [4.78, 5) is 7.75. The topological polar surface area (TPSA) is 25.8 Å². The summed E-state index contributed by atoms with van der Waals surface area (Å²) in [5, 5.41) is 0.614. The third-order valence-corrected chi connectivity index (χ3v) is 4.30. The van der Waals surface area contributed by atoms with Crippen LogP contribution in [0.4, 0.5) is 8.78 Å². The molecule has 0 aliphatic heterocycles. The van der Waals surface area contributed by atoms with Gasteiger partial charge in [0.05, 0.1) is 21.5 Å². The lowest BCUT2D eigenvalue weighted by molar-refractivity contribution is 0.629. The highest BCUT2D eigenvalue weighted by molar-refractivity contribution is 7.22. The van der Waals surface area contributed by atoms with Crippen molar-refractivity contribution in [2.45, 2.75) is 0 Å². The highest BCUT2D eigenvalue weighted by atomic mass is 35.5. The Morgan fingerprint density at radius 2 is 1.89 bits per heavy atom. The van der Waals surface area contributed by atoms with E-state index >= 15 is 0 Å². The van der Waals surface area contributed by atoms with Crippen molar-refractivity contribution in [3.63, 3.8) is 0 Å². The minimum atomic E-state index is -0.602. The molecule has 1 aromatic carbocycles. The maximum atomic E-state index is 13.8. The molecule has 0 saturated heterocycles. The zero-order chi connectivity index (χ0) is 13.6. The maximum Gasteiger partial charge on any atom is 0.168 e. The summed E-state index contributed by atoms with van der Waals surface area (Å²) in [6, 6.07) is 4.30. The zero-order valence-electron chi connectivity index (χ0n) is 9.12. The minimum absolute atomic E-state index is 0.0688. The highest BCUT2D eigenvalue weighted by Gasteiger charge is 2.18. The summed E-state index contributed by atoms with van der Waals surface area (Å²) < 4.78 is 27.8. The summed E-state index contributed by atoms with van der Waals surface area (Å²) in [5.74, 6) is -1.12. The molecule has 0 fully saturated rings. The van der Waals surface area contributed by atoms with E-state index < -0.39 is 11.6 Å². The number of hydrogen-bond donors (Lipinski definition) is 0. The molecule has 3 aromatic rings. The molecule has 19 heavy (non-hydrogen) atoms. The van der Waals surface area contributed by atoms with E-state index in [1.54, 1.807) is 6.07 Å². The number of fused-ring (bicyclic) bond motifs is 1. The van der Waals surface area contributed by atoms with Crippen LogP contribution < -0.4 is 0 Å². The van der Waals surface area contributed by atoms with Gasteiger partial charge in [-0.15, -0.1) is 11.3 Å². The van der Waals surface area contributed by atoms with E-state index in [-0.39, 0.29) is 26.3 Å². The Labute approximate surface area is 120 Å². The smallest absolute Gasteiger partial charge is 0.168 e. The molecule has 0 aliphatic rings. The predicted molar refractivity (Wildman–Crippen MR) is 72.8 cm³/mol. The van der Waals surface area contributed by atoms with Crippen molar-refractivity contribution < 1.29 is 8.78 Å². The van der Waals surface area contributed by atoms with Crippen LogP contribution in [0.2, 0.25) is 10.2 Å². The molecular formula is C12H4Cl2F2N2S. The third kappa shape index (κ3) is 2.08. The van der Waals surface area contributed by atoms with Crippen molar-refractivity contribution >= 4 is 44.8 Å². The first-order valence-corrected chi connectivity index (χ1v) is 6.70. The molecule has 2 heterocycles. The zero-order valence-corrected chi connectivity index (χ0v) is 11.5. The van der Waals surface area contributed by atoms with Gasteiger partial charge >= 0.3 is 0 Å². The number of benzene rings is 1. The monoisotopic (exact) mass is 316 g/mol. The Bertz CT molecular complexity index is 729. The standard InChI is InChI=1S/C12H4Cl2F2N2S/c13-5-2-1-3-6(15)8(5)12-18-9-7(16)4-17-11(14)10(9)19-12/h1-4H. The lowest BCUT2D eigenvalue weighted by Gasteiger charge is -2.00. The van der Waals surface area contributed by atoms with Gasteiger partial charge in [0.15, 0.2) is 5.82 Å². The summed E-state index contributed by atoms with van der Waals surface area (Å²) >= 11 is 12.9. The van der Waals surface area contributed by atoms with Crippen molar-refractivity contribution in [2.24, 2.45) is 0 Å². The van der Waals surface area contributed by atoms with Gasteiger partial charge < -0.3 is 0 Å². The predicted octanol–water partition coefficient (Wildman–Crippen LogP) is 4.94. The van der Waals surface area contributed by atoms with Crippen molar-refractivity contribution in [1.82, 2.24) is 9.97 Å². The average molecular weight is 317 g/mol. The first-order chi connectivity index (χ1) is 9.08. The van der Waals surface area contributed by atoms with Crippen LogP contribution in [-0.2, 0) is 0 Å². The fourth-order valence-electron chi connectivity index (χ4n) is 1.66. The molecule has 96 valence electrons. The van der Waals surface area contributed by atoms with Gasteiger partial charge in [0.25, 0.3) is 0 Å². The number of halogens is 4. The normalized spacial score (nSPS) is 11.2. The Morgan fingerprint density at radius 1 is 1.11 bits per heavy atom. The van der Waals surface area contributed by atoms with Crippen LogP contribution in [0.3, 0.4) is 0 Å². The second kappa shape index (κ2) is 4.67. The second-order valence-electron chi connectivity index (χ2n) is 3.69. The van der Waals surface area contributed by atoms with Crippen LogP contribution in [0, 0.1) is 11.6 Å². The largest absolute Gasteiger partial charge is 0.240 e. The van der Waals surface area contributed by atoms with Crippen molar-refractivity contribution in [1.29, 1.82) is 0 Å². The molecule has 2 nitrogen and oxygen atoms in total. The van der Waals surface area contributed by atoms with Gasteiger partial charge in [-0.1, -0.05) is 29.3 Å². The van der Waals surface area contributed by atoms with Crippen molar-refractivity contribution in [2.75, 3.05) is 0 Å². The molecule has 0 N–H and O–H groups in total. The van der Waals surface area contributed by atoms with Crippen LogP contribution in [0.1, 0.15) is 0 Å². The number of rotatable bonds is 1. The third-order valence-electron chi connectivity index (χ3n) is 2.51. The Balaban J connectivity index is 2.33. The number of hydrogen-bond acceptors (Lipinski definition) is 3. The molecular weight excluding hydrogens is 313 g/mol. The summed E-state index contributed by atoms with van der Waals surface area (Å²) in [5.41, 5.74) is 0.208. The van der Waals surface area contributed by atoms with Gasteiger partial charge in [0.2, 0.25) is 0 Å². The average Bonchev–Trinajstić information content (AvgIpc) is 2.80.